The molecule has 0 unspecified atom stereocenters. The Morgan fingerprint density at radius 2 is 2.00 bits per heavy atom. The molecule has 7 nitrogen and oxygen atoms in total. The van der Waals surface area contributed by atoms with Crippen LogP contribution < -0.4 is 5.56 Å². The van der Waals surface area contributed by atoms with Crippen LogP contribution in [0.15, 0.2) is 41.6 Å². The van der Waals surface area contributed by atoms with Crippen LogP contribution in [0.5, 0.6) is 0 Å². The van der Waals surface area contributed by atoms with E-state index in [1.165, 1.54) is 4.57 Å². The first-order valence-electron chi connectivity index (χ1n) is 7.55. The monoisotopic (exact) mass is 312 g/mol. The molecule has 0 radical (unpaired) electrons. The van der Waals surface area contributed by atoms with E-state index >= 15 is 0 Å². The summed E-state index contributed by atoms with van der Waals surface area (Å²) in [7, 11) is 0. The number of carbonyl (C=O) groups is 1. The van der Waals surface area contributed by atoms with Crippen LogP contribution in [0, 0.1) is 0 Å². The molecule has 3 aromatic rings. The fourth-order valence-corrected chi connectivity index (χ4v) is 2.99. The first kappa shape index (κ1) is 14.0. The molecule has 1 fully saturated rings. The normalized spacial score (nSPS) is 15.4. The third kappa shape index (κ3) is 2.29. The third-order valence-electron chi connectivity index (χ3n) is 4.19. The highest BCUT2D eigenvalue weighted by Gasteiger charge is 2.19. The predicted octanol–water partition coefficient (Wildman–Crippen LogP) is 0.508. The lowest BCUT2D eigenvalue weighted by Gasteiger charge is -2.27. The number of imidazole rings is 1. The molecule has 4 rings (SSSR count). The SMILES string of the molecule is O=C(Cn1c(=O)c2ccccc2n2cncc12)N1CCOCC1. The molecule has 118 valence electrons. The molecule has 0 bridgehead atoms. The van der Waals surface area contributed by atoms with Gasteiger partial charge in [0.05, 0.1) is 30.3 Å². The highest BCUT2D eigenvalue weighted by atomic mass is 16.5. The molecule has 2 aromatic heterocycles. The zero-order valence-electron chi connectivity index (χ0n) is 12.5. The molecule has 23 heavy (non-hydrogen) atoms. The Kier molecular flexibility index (Phi) is 3.34. The smallest absolute Gasteiger partial charge is 0.262 e. The minimum atomic E-state index is -0.171. The van der Waals surface area contributed by atoms with E-state index in [1.54, 1.807) is 23.5 Å². The largest absolute Gasteiger partial charge is 0.378 e. The van der Waals surface area contributed by atoms with Gasteiger partial charge >= 0.3 is 0 Å². The molecule has 1 amide bonds. The van der Waals surface area contributed by atoms with E-state index in [2.05, 4.69) is 4.98 Å². The van der Waals surface area contributed by atoms with Crippen LogP contribution in [0.25, 0.3) is 16.6 Å². The van der Waals surface area contributed by atoms with Crippen LogP contribution in [-0.4, -0.2) is 51.1 Å². The van der Waals surface area contributed by atoms with Crippen LogP contribution in [0.1, 0.15) is 0 Å². The van der Waals surface area contributed by atoms with Gasteiger partial charge in [-0.25, -0.2) is 4.98 Å². The maximum absolute atomic E-state index is 12.8. The van der Waals surface area contributed by atoms with Gasteiger partial charge in [-0.2, -0.15) is 0 Å². The van der Waals surface area contributed by atoms with Crippen molar-refractivity contribution in [2.75, 3.05) is 26.3 Å². The summed E-state index contributed by atoms with van der Waals surface area (Å²) in [6, 6.07) is 7.34. The van der Waals surface area contributed by atoms with E-state index < -0.39 is 0 Å². The molecule has 1 aromatic carbocycles. The number of hydrogen-bond donors (Lipinski definition) is 0. The minimum absolute atomic E-state index is 0.0128. The molecular formula is C16H16N4O3. The Hall–Kier alpha value is -2.67. The summed E-state index contributed by atoms with van der Waals surface area (Å²) in [4.78, 5) is 31.2. The van der Waals surface area contributed by atoms with Gasteiger partial charge in [-0.1, -0.05) is 12.1 Å². The Labute approximate surface area is 131 Å². The van der Waals surface area contributed by atoms with Gasteiger partial charge in [-0.3, -0.25) is 18.6 Å². The van der Waals surface area contributed by atoms with Crippen molar-refractivity contribution in [3.63, 3.8) is 0 Å². The maximum Gasteiger partial charge on any atom is 0.262 e. The lowest BCUT2D eigenvalue weighted by molar-refractivity contribution is -0.135. The summed E-state index contributed by atoms with van der Waals surface area (Å²) in [5, 5.41) is 0.577. The second-order valence-corrected chi connectivity index (χ2v) is 5.52. The second kappa shape index (κ2) is 5.51. The molecule has 0 atom stereocenters. The van der Waals surface area contributed by atoms with Gasteiger partial charge in [0, 0.05) is 13.1 Å². The zero-order chi connectivity index (χ0) is 15.8. The quantitative estimate of drug-likeness (QED) is 0.691. The number of ether oxygens (including phenoxy) is 1. The molecule has 1 aliphatic rings. The summed E-state index contributed by atoms with van der Waals surface area (Å²) in [5.74, 6) is -0.0752. The van der Waals surface area contributed by atoms with Crippen molar-refractivity contribution >= 4 is 22.5 Å². The average Bonchev–Trinajstić information content (AvgIpc) is 3.09. The van der Waals surface area contributed by atoms with E-state index in [0.717, 1.165) is 5.52 Å². The third-order valence-corrected chi connectivity index (χ3v) is 4.19. The Balaban J connectivity index is 1.82. The first-order chi connectivity index (χ1) is 11.3. The maximum atomic E-state index is 12.8. The molecule has 3 heterocycles. The van der Waals surface area contributed by atoms with Crippen molar-refractivity contribution in [3.8, 4) is 0 Å². The summed E-state index contributed by atoms with van der Waals surface area (Å²) >= 11 is 0. The van der Waals surface area contributed by atoms with Gasteiger partial charge in [0.15, 0.2) is 0 Å². The number of nitrogens with zero attached hydrogens (tertiary/aromatic N) is 4. The number of amides is 1. The van der Waals surface area contributed by atoms with Crippen LogP contribution in [0.3, 0.4) is 0 Å². The first-order valence-corrected chi connectivity index (χ1v) is 7.55. The molecule has 7 heteroatoms. The van der Waals surface area contributed by atoms with Gasteiger partial charge in [0.1, 0.15) is 18.5 Å². The number of benzene rings is 1. The van der Waals surface area contributed by atoms with Gasteiger partial charge < -0.3 is 9.64 Å². The molecule has 0 spiro atoms. The number of fused-ring (bicyclic) bond motifs is 3. The van der Waals surface area contributed by atoms with Crippen LogP contribution in [-0.2, 0) is 16.1 Å². The highest BCUT2D eigenvalue weighted by molar-refractivity contribution is 5.82. The number of carbonyl (C=O) groups excluding carboxylic acids is 1. The second-order valence-electron chi connectivity index (χ2n) is 5.52. The fraction of sp³-hybridized carbons (Fsp3) is 0.312. The van der Waals surface area contributed by atoms with Gasteiger partial charge in [0.25, 0.3) is 5.56 Å². The van der Waals surface area contributed by atoms with Crippen molar-refractivity contribution in [2.24, 2.45) is 0 Å². The Bertz CT molecular complexity index is 937. The van der Waals surface area contributed by atoms with E-state index in [0.29, 0.717) is 37.3 Å². The fourth-order valence-electron chi connectivity index (χ4n) is 2.99. The summed E-state index contributed by atoms with van der Waals surface area (Å²) in [5.41, 5.74) is 1.24. The molecule has 0 saturated carbocycles. The Morgan fingerprint density at radius 1 is 1.22 bits per heavy atom. The number of rotatable bonds is 2. The van der Waals surface area contributed by atoms with Gasteiger partial charge in [-0.05, 0) is 12.1 Å². The number of aromatic nitrogens is 3. The molecular weight excluding hydrogens is 296 g/mol. The van der Waals surface area contributed by atoms with Crippen molar-refractivity contribution < 1.29 is 9.53 Å². The van der Waals surface area contributed by atoms with E-state index in [1.807, 2.05) is 22.6 Å². The topological polar surface area (TPSA) is 68.8 Å². The predicted molar refractivity (Wildman–Crippen MR) is 84.4 cm³/mol. The van der Waals surface area contributed by atoms with Crippen molar-refractivity contribution in [1.29, 1.82) is 0 Å². The lowest BCUT2D eigenvalue weighted by Crippen LogP contribution is -2.43. The van der Waals surface area contributed by atoms with E-state index in [-0.39, 0.29) is 18.0 Å². The van der Waals surface area contributed by atoms with Gasteiger partial charge in [0.2, 0.25) is 5.91 Å². The summed E-state index contributed by atoms with van der Waals surface area (Å²) < 4.78 is 8.59. The molecule has 0 N–H and O–H groups in total. The zero-order valence-corrected chi connectivity index (χ0v) is 12.5. The number of hydrogen-bond acceptors (Lipinski definition) is 4. The summed E-state index contributed by atoms with van der Waals surface area (Å²) in [6.07, 6.45) is 3.27. The average molecular weight is 312 g/mol. The van der Waals surface area contributed by atoms with Crippen LogP contribution in [0.4, 0.5) is 0 Å². The van der Waals surface area contributed by atoms with E-state index in [9.17, 15) is 9.59 Å². The summed E-state index contributed by atoms with van der Waals surface area (Å²) in [6.45, 7) is 2.23. The van der Waals surface area contributed by atoms with Crippen LogP contribution in [0.2, 0.25) is 0 Å². The molecule has 1 aliphatic heterocycles. The number of morpholine rings is 1. The minimum Gasteiger partial charge on any atom is -0.378 e. The van der Waals surface area contributed by atoms with Gasteiger partial charge in [-0.15, -0.1) is 0 Å². The standard InChI is InChI=1S/C16H16N4O3/c21-15(18-5-7-23-8-6-18)10-19-14-9-17-11-20(14)13-4-2-1-3-12(13)16(19)22/h1-4,9,11H,5-8,10H2. The van der Waals surface area contributed by atoms with Crippen molar-refractivity contribution in [1.82, 2.24) is 18.9 Å². The molecule has 1 saturated heterocycles. The highest BCUT2D eigenvalue weighted by Crippen LogP contribution is 2.13. The van der Waals surface area contributed by atoms with E-state index in [4.69, 9.17) is 4.74 Å². The Morgan fingerprint density at radius 3 is 2.83 bits per heavy atom. The lowest BCUT2D eigenvalue weighted by atomic mass is 10.2. The van der Waals surface area contributed by atoms with Crippen molar-refractivity contribution in [3.05, 3.63) is 47.1 Å². The molecule has 0 aliphatic carbocycles. The number of para-hydroxylation sites is 1. The van der Waals surface area contributed by atoms with Crippen LogP contribution >= 0.6 is 0 Å². The van der Waals surface area contributed by atoms with Crippen molar-refractivity contribution in [2.45, 2.75) is 6.54 Å².